The predicted octanol–water partition coefficient (Wildman–Crippen LogP) is 0.857. The Labute approximate surface area is 75.4 Å². The van der Waals surface area contributed by atoms with Crippen LogP contribution in [0.1, 0.15) is 18.6 Å². The minimum Gasteiger partial charge on any atom is -0.396 e. The van der Waals surface area contributed by atoms with Crippen LogP contribution in [0.3, 0.4) is 0 Å². The van der Waals surface area contributed by atoms with Crippen molar-refractivity contribution in [3.05, 3.63) is 11.7 Å². The summed E-state index contributed by atoms with van der Waals surface area (Å²) in [6, 6.07) is 0. The van der Waals surface area contributed by atoms with E-state index in [0.29, 0.717) is 17.4 Å². The highest BCUT2D eigenvalue weighted by Gasteiger charge is 2.03. The summed E-state index contributed by atoms with van der Waals surface area (Å²) in [6.45, 7) is 2.18. The van der Waals surface area contributed by atoms with Crippen LogP contribution in [0.2, 0.25) is 0 Å². The summed E-state index contributed by atoms with van der Waals surface area (Å²) in [7, 11) is 0. The second-order valence-corrected chi connectivity index (χ2v) is 3.34. The molecule has 12 heavy (non-hydrogen) atoms. The fourth-order valence-electron chi connectivity index (χ4n) is 0.716. The third-order valence-electron chi connectivity index (χ3n) is 1.29. The Hall–Kier alpha value is -0.550. The van der Waals surface area contributed by atoms with Crippen LogP contribution in [-0.2, 0) is 12.2 Å². The van der Waals surface area contributed by atoms with Crippen molar-refractivity contribution >= 4 is 11.8 Å². The minimum absolute atomic E-state index is 0.194. The fraction of sp³-hybridized carbons (Fsp3) is 0.714. The Balaban J connectivity index is 2.31. The molecule has 0 spiro atoms. The lowest BCUT2D eigenvalue weighted by molar-refractivity contribution is 0.322. The van der Waals surface area contributed by atoms with Crippen molar-refractivity contribution < 1.29 is 9.63 Å². The van der Waals surface area contributed by atoms with Crippen LogP contribution in [0.25, 0.3) is 0 Å². The van der Waals surface area contributed by atoms with Crippen LogP contribution in [0.5, 0.6) is 0 Å². The molecular weight excluding hydrogens is 176 g/mol. The molecule has 0 aliphatic carbocycles. The molecule has 1 aromatic heterocycles. The lowest BCUT2D eigenvalue weighted by atomic mass is 10.5. The lowest BCUT2D eigenvalue weighted by Gasteiger charge is -1.91. The maximum Gasteiger partial charge on any atom is 0.236 e. The number of rotatable bonds is 5. The first-order valence-corrected chi connectivity index (χ1v) is 5.02. The van der Waals surface area contributed by atoms with E-state index in [2.05, 4.69) is 10.1 Å². The number of aliphatic hydroxyl groups excluding tert-OH is 1. The predicted molar refractivity (Wildman–Crippen MR) is 46.9 cm³/mol. The van der Waals surface area contributed by atoms with Crippen LogP contribution < -0.4 is 0 Å². The van der Waals surface area contributed by atoms with Crippen molar-refractivity contribution in [1.82, 2.24) is 10.1 Å². The van der Waals surface area contributed by atoms with Gasteiger partial charge in [0.05, 0.1) is 12.4 Å². The summed E-state index contributed by atoms with van der Waals surface area (Å²) in [5, 5.41) is 12.3. The van der Waals surface area contributed by atoms with E-state index in [1.165, 1.54) is 0 Å². The molecule has 0 atom stereocenters. The van der Waals surface area contributed by atoms with E-state index < -0.39 is 0 Å². The largest absolute Gasteiger partial charge is 0.396 e. The van der Waals surface area contributed by atoms with E-state index in [1.807, 2.05) is 6.92 Å². The quantitative estimate of drug-likeness (QED) is 0.694. The Kier molecular flexibility index (Phi) is 4.10. The van der Waals surface area contributed by atoms with E-state index in [9.17, 15) is 0 Å². The van der Waals surface area contributed by atoms with Crippen LogP contribution >= 0.6 is 11.8 Å². The zero-order chi connectivity index (χ0) is 8.81. The van der Waals surface area contributed by atoms with Crippen LogP contribution in [0.15, 0.2) is 4.52 Å². The van der Waals surface area contributed by atoms with Gasteiger partial charge in [0.1, 0.15) is 0 Å². The maximum atomic E-state index is 8.51. The summed E-state index contributed by atoms with van der Waals surface area (Å²) in [4.78, 5) is 4.12. The van der Waals surface area contributed by atoms with Gasteiger partial charge in [0.2, 0.25) is 5.89 Å². The topological polar surface area (TPSA) is 59.2 Å². The van der Waals surface area contributed by atoms with Gasteiger partial charge in [-0.15, -0.1) is 11.8 Å². The van der Waals surface area contributed by atoms with Gasteiger partial charge in [0.15, 0.2) is 5.82 Å². The highest BCUT2D eigenvalue weighted by Crippen LogP contribution is 2.09. The monoisotopic (exact) mass is 188 g/mol. The van der Waals surface area contributed by atoms with E-state index >= 15 is 0 Å². The van der Waals surface area contributed by atoms with Gasteiger partial charge in [0, 0.05) is 12.2 Å². The van der Waals surface area contributed by atoms with Gasteiger partial charge in [-0.05, 0) is 0 Å². The molecule has 0 bridgehead atoms. The van der Waals surface area contributed by atoms with Crippen LogP contribution in [0.4, 0.5) is 0 Å². The third-order valence-corrected chi connectivity index (χ3v) is 2.21. The molecule has 0 aromatic carbocycles. The molecule has 5 heteroatoms. The summed E-state index contributed by atoms with van der Waals surface area (Å²) in [6.07, 6.45) is 0.800. The fourth-order valence-corrected chi connectivity index (χ4v) is 1.28. The Morgan fingerprint density at radius 2 is 2.42 bits per heavy atom. The van der Waals surface area contributed by atoms with E-state index in [1.54, 1.807) is 11.8 Å². The number of aryl methyl sites for hydroxylation is 1. The molecule has 0 amide bonds. The van der Waals surface area contributed by atoms with Gasteiger partial charge in [-0.1, -0.05) is 12.1 Å². The molecule has 4 nitrogen and oxygen atoms in total. The number of nitrogens with zero attached hydrogens (tertiary/aromatic N) is 2. The van der Waals surface area contributed by atoms with E-state index in [0.717, 1.165) is 12.2 Å². The van der Waals surface area contributed by atoms with E-state index in [-0.39, 0.29) is 6.61 Å². The molecule has 1 heterocycles. The van der Waals surface area contributed by atoms with Gasteiger partial charge in [-0.2, -0.15) is 4.98 Å². The first kappa shape index (κ1) is 9.54. The maximum absolute atomic E-state index is 8.51. The van der Waals surface area contributed by atoms with Crippen LogP contribution in [0, 0.1) is 0 Å². The molecule has 1 N–H and O–H groups in total. The van der Waals surface area contributed by atoms with Gasteiger partial charge < -0.3 is 9.63 Å². The SMILES string of the molecule is CCc1noc(CSCCO)n1. The third kappa shape index (κ3) is 2.83. The van der Waals surface area contributed by atoms with Crippen LogP contribution in [-0.4, -0.2) is 27.6 Å². The number of thioether (sulfide) groups is 1. The molecule has 1 aromatic rings. The lowest BCUT2D eigenvalue weighted by Crippen LogP contribution is -1.88. The Morgan fingerprint density at radius 3 is 3.00 bits per heavy atom. The Bertz CT molecular complexity index is 227. The van der Waals surface area contributed by atoms with Crippen molar-refractivity contribution in [2.75, 3.05) is 12.4 Å². The molecule has 0 unspecified atom stereocenters. The summed E-state index contributed by atoms with van der Waals surface area (Å²) < 4.78 is 4.94. The summed E-state index contributed by atoms with van der Waals surface area (Å²) >= 11 is 1.58. The molecule has 0 saturated carbocycles. The average Bonchev–Trinajstić information content (AvgIpc) is 2.53. The zero-order valence-electron chi connectivity index (χ0n) is 6.99. The molecule has 0 radical (unpaired) electrons. The first-order chi connectivity index (χ1) is 5.86. The van der Waals surface area contributed by atoms with Crippen molar-refractivity contribution in [3.8, 4) is 0 Å². The number of aromatic nitrogens is 2. The molecule has 1 rings (SSSR count). The second kappa shape index (κ2) is 5.16. The van der Waals surface area contributed by atoms with Gasteiger partial charge >= 0.3 is 0 Å². The highest BCUT2D eigenvalue weighted by molar-refractivity contribution is 7.98. The number of aliphatic hydroxyl groups is 1. The van der Waals surface area contributed by atoms with Gasteiger partial charge in [-0.3, -0.25) is 0 Å². The standard InChI is InChI=1S/C7H12N2O2S/c1-2-6-8-7(11-9-6)5-12-4-3-10/h10H,2-5H2,1H3. The minimum atomic E-state index is 0.194. The molecule has 68 valence electrons. The Morgan fingerprint density at radius 1 is 1.58 bits per heavy atom. The molecule has 0 aliphatic rings. The average molecular weight is 188 g/mol. The molecule has 0 saturated heterocycles. The van der Waals surface area contributed by atoms with Crippen molar-refractivity contribution in [1.29, 1.82) is 0 Å². The van der Waals surface area contributed by atoms with Gasteiger partial charge in [-0.25, -0.2) is 0 Å². The molecular formula is C7H12N2O2S. The highest BCUT2D eigenvalue weighted by atomic mass is 32.2. The second-order valence-electron chi connectivity index (χ2n) is 2.23. The first-order valence-electron chi connectivity index (χ1n) is 3.87. The van der Waals surface area contributed by atoms with Gasteiger partial charge in [0.25, 0.3) is 0 Å². The number of hydrogen-bond donors (Lipinski definition) is 1. The summed E-state index contributed by atoms with van der Waals surface area (Å²) in [5.41, 5.74) is 0. The molecule has 0 aliphatic heterocycles. The number of hydrogen-bond acceptors (Lipinski definition) is 5. The van der Waals surface area contributed by atoms with Crippen molar-refractivity contribution in [2.45, 2.75) is 19.1 Å². The molecule has 0 fully saturated rings. The smallest absolute Gasteiger partial charge is 0.236 e. The van der Waals surface area contributed by atoms with E-state index in [4.69, 9.17) is 9.63 Å². The zero-order valence-corrected chi connectivity index (χ0v) is 7.80. The van der Waals surface area contributed by atoms with Crippen molar-refractivity contribution in [3.63, 3.8) is 0 Å². The van der Waals surface area contributed by atoms with Crippen molar-refractivity contribution in [2.24, 2.45) is 0 Å². The summed E-state index contributed by atoms with van der Waals surface area (Å²) in [5.74, 6) is 2.79. The normalized spacial score (nSPS) is 10.5.